The Labute approximate surface area is 33.1 Å². The van der Waals surface area contributed by atoms with Crippen molar-refractivity contribution in [2.45, 2.75) is 6.92 Å². The van der Waals surface area contributed by atoms with Crippen LogP contribution in [0.25, 0.3) is 0 Å². The molecule has 0 rings (SSSR count). The number of hydrogen-bond donors (Lipinski definition) is 2. The molecule has 0 atom stereocenters. The van der Waals surface area contributed by atoms with Crippen molar-refractivity contribution in [2.24, 2.45) is 0 Å². The normalized spacial score (nSPS) is 2.60. The fourth-order valence-electron chi connectivity index (χ4n) is 0. The highest BCUT2D eigenvalue weighted by molar-refractivity contribution is 4.51. The van der Waals surface area contributed by atoms with E-state index in [9.17, 15) is 0 Å². The third-order valence-electron chi connectivity index (χ3n) is 0. The van der Waals surface area contributed by atoms with Crippen LogP contribution in [0.15, 0.2) is 12.7 Å². The first-order chi connectivity index (χ1) is 1.41. The van der Waals surface area contributed by atoms with E-state index in [1.54, 1.807) is 6.08 Å². The molecule has 0 aromatic rings. The number of allylic oxidation sites excluding steroid dienone is 1. The summed E-state index contributed by atoms with van der Waals surface area (Å²) in [5.41, 5.74) is 0. The zero-order chi connectivity index (χ0) is 2.71. The molecule has 0 saturated heterocycles. The van der Waals surface area contributed by atoms with Gasteiger partial charge >= 0.3 is 0 Å². The van der Waals surface area contributed by atoms with Gasteiger partial charge in [-0.3, -0.25) is 0 Å². The number of hydrogen-bond acceptors (Lipinski definition) is 2. The topological polar surface area (TPSA) is 70.0 Å². The Kier molecular flexibility index (Phi) is 269. The summed E-state index contributed by atoms with van der Waals surface area (Å²) < 4.78 is 0. The van der Waals surface area contributed by atoms with Crippen molar-refractivity contribution < 1.29 is 0 Å². The minimum absolute atomic E-state index is 0. The van der Waals surface area contributed by atoms with Gasteiger partial charge < -0.3 is 12.3 Å². The van der Waals surface area contributed by atoms with Crippen molar-refractivity contribution in [1.82, 2.24) is 12.3 Å². The molecule has 0 saturated carbocycles. The third-order valence-corrected chi connectivity index (χ3v) is 0. The Morgan fingerprint density at radius 3 is 1.40 bits per heavy atom. The first-order valence-electron chi connectivity index (χ1n) is 0.986. The van der Waals surface area contributed by atoms with E-state index < -0.39 is 0 Å². The van der Waals surface area contributed by atoms with Crippen LogP contribution in [0, 0.1) is 0 Å². The van der Waals surface area contributed by atoms with Crippen molar-refractivity contribution in [3.05, 3.63) is 12.7 Å². The Morgan fingerprint density at radius 1 is 1.40 bits per heavy atom. The minimum atomic E-state index is 0. The van der Waals surface area contributed by atoms with E-state index in [4.69, 9.17) is 0 Å². The molecule has 2 nitrogen and oxygen atoms in total. The summed E-state index contributed by atoms with van der Waals surface area (Å²) in [5, 5.41) is 0. The summed E-state index contributed by atoms with van der Waals surface area (Å²) in [6.45, 7) is 5.25. The van der Waals surface area contributed by atoms with Gasteiger partial charge in [-0.2, -0.15) is 0 Å². The van der Waals surface area contributed by atoms with Crippen molar-refractivity contribution in [3.63, 3.8) is 0 Å². The lowest BCUT2D eigenvalue weighted by atomic mass is 10.8. The molecular weight excluding hydrogens is 64.0 g/mol. The third kappa shape index (κ3) is 87.2. The fraction of sp³-hybridized carbons (Fsp3) is 0.333. The summed E-state index contributed by atoms with van der Waals surface area (Å²) >= 11 is 0. The fourth-order valence-corrected chi connectivity index (χ4v) is 0. The van der Waals surface area contributed by atoms with Crippen molar-refractivity contribution in [2.75, 3.05) is 0 Å². The van der Waals surface area contributed by atoms with Gasteiger partial charge in [-0.25, -0.2) is 0 Å². The summed E-state index contributed by atoms with van der Waals surface area (Å²) in [6, 6.07) is 0. The van der Waals surface area contributed by atoms with Gasteiger partial charge in [0.2, 0.25) is 0 Å². The monoisotopic (exact) mass is 76.1 g/mol. The lowest BCUT2D eigenvalue weighted by Gasteiger charge is -1.31. The highest BCUT2D eigenvalue weighted by Gasteiger charge is 1.15. The molecule has 0 aliphatic carbocycles. The predicted molar refractivity (Wildman–Crippen MR) is 25.9 cm³/mol. The van der Waals surface area contributed by atoms with Crippen molar-refractivity contribution >= 4 is 0 Å². The van der Waals surface area contributed by atoms with Gasteiger partial charge in [0.15, 0.2) is 0 Å². The standard InChI is InChI=1S/C3H6.2H3N/c1-3-2;;/h3H,1H2,2H3;2*1H3. The highest BCUT2D eigenvalue weighted by atomic mass is 14.0. The van der Waals surface area contributed by atoms with Crippen LogP contribution in [0.1, 0.15) is 6.92 Å². The molecular formula is C3H12N2. The van der Waals surface area contributed by atoms with Gasteiger partial charge in [0, 0.05) is 0 Å². The molecule has 0 unspecified atom stereocenters. The summed E-state index contributed by atoms with van der Waals surface area (Å²) in [7, 11) is 0. The molecule has 34 valence electrons. The van der Waals surface area contributed by atoms with E-state index in [1.165, 1.54) is 0 Å². The Balaban J connectivity index is -0.0000000200. The van der Waals surface area contributed by atoms with Gasteiger partial charge in [-0.15, -0.1) is 6.58 Å². The van der Waals surface area contributed by atoms with Crippen LogP contribution in [-0.4, -0.2) is 0 Å². The lowest BCUT2D eigenvalue weighted by molar-refractivity contribution is 1.80. The molecule has 0 bridgehead atoms. The Hall–Kier alpha value is -0.340. The molecule has 0 spiro atoms. The summed E-state index contributed by atoms with van der Waals surface area (Å²) in [6.07, 6.45) is 1.75. The van der Waals surface area contributed by atoms with Crippen LogP contribution in [0.3, 0.4) is 0 Å². The van der Waals surface area contributed by atoms with Crippen LogP contribution in [0.5, 0.6) is 0 Å². The second-order valence-corrected chi connectivity index (χ2v) is 0.408. The van der Waals surface area contributed by atoms with E-state index in [0.29, 0.717) is 0 Å². The molecule has 2 heteroatoms. The van der Waals surface area contributed by atoms with E-state index in [1.807, 2.05) is 6.92 Å². The Morgan fingerprint density at radius 2 is 1.40 bits per heavy atom. The van der Waals surface area contributed by atoms with Crippen LogP contribution in [-0.2, 0) is 0 Å². The van der Waals surface area contributed by atoms with Crippen LogP contribution < -0.4 is 12.3 Å². The van der Waals surface area contributed by atoms with Gasteiger partial charge in [0.05, 0.1) is 0 Å². The zero-order valence-corrected chi connectivity index (χ0v) is 3.70. The van der Waals surface area contributed by atoms with Gasteiger partial charge in [-0.05, 0) is 6.92 Å². The minimum Gasteiger partial charge on any atom is -0.344 e. The average Bonchev–Trinajstić information content (AvgIpc) is 0.918. The molecule has 0 fully saturated rings. The molecule has 0 aliphatic heterocycles. The van der Waals surface area contributed by atoms with Crippen molar-refractivity contribution in [3.8, 4) is 0 Å². The number of rotatable bonds is 0. The highest BCUT2D eigenvalue weighted by Crippen LogP contribution is 1.38. The molecule has 0 heterocycles. The quantitative estimate of drug-likeness (QED) is 0.429. The average molecular weight is 76.1 g/mol. The predicted octanol–water partition coefficient (Wildman–Crippen LogP) is 1.52. The van der Waals surface area contributed by atoms with Crippen LogP contribution in [0.4, 0.5) is 0 Å². The molecule has 6 N–H and O–H groups in total. The maximum Gasteiger partial charge on any atom is -0.0473 e. The van der Waals surface area contributed by atoms with Gasteiger partial charge in [0.1, 0.15) is 0 Å². The summed E-state index contributed by atoms with van der Waals surface area (Å²) in [4.78, 5) is 0. The largest absolute Gasteiger partial charge is 0.344 e. The smallest absolute Gasteiger partial charge is 0.0473 e. The zero-order valence-electron chi connectivity index (χ0n) is 3.70. The van der Waals surface area contributed by atoms with E-state index >= 15 is 0 Å². The molecule has 0 radical (unpaired) electrons. The van der Waals surface area contributed by atoms with Crippen LogP contribution in [0.2, 0.25) is 0 Å². The van der Waals surface area contributed by atoms with Crippen LogP contribution >= 0.6 is 0 Å². The van der Waals surface area contributed by atoms with Gasteiger partial charge in [0.25, 0.3) is 0 Å². The molecule has 0 aromatic heterocycles. The SMILES string of the molecule is C=CC.N.N. The molecule has 0 aliphatic rings. The van der Waals surface area contributed by atoms with Gasteiger partial charge in [-0.1, -0.05) is 6.08 Å². The first kappa shape index (κ1) is 22.7. The Bertz CT molecular complexity index is 12.4. The van der Waals surface area contributed by atoms with E-state index in [0.717, 1.165) is 0 Å². The van der Waals surface area contributed by atoms with E-state index in [-0.39, 0.29) is 12.3 Å². The second-order valence-electron chi connectivity index (χ2n) is 0.408. The molecule has 0 amide bonds. The lowest BCUT2D eigenvalue weighted by Crippen LogP contribution is -1.07. The maximum absolute atomic E-state index is 3.36. The second kappa shape index (κ2) is 59.5. The van der Waals surface area contributed by atoms with E-state index in [2.05, 4.69) is 6.58 Å². The summed E-state index contributed by atoms with van der Waals surface area (Å²) in [5.74, 6) is 0. The molecule has 0 aromatic carbocycles. The molecule has 5 heavy (non-hydrogen) atoms. The maximum atomic E-state index is 3.36. The first-order valence-corrected chi connectivity index (χ1v) is 0.986. The van der Waals surface area contributed by atoms with Crippen molar-refractivity contribution in [1.29, 1.82) is 0 Å².